The zero-order chi connectivity index (χ0) is 19.1. The molecule has 2 aliphatic rings. The largest absolute Gasteiger partial charge is 0.496 e. The number of halogens is 1. The molecule has 2 heterocycles. The number of methoxy groups -OCH3 is 1. The lowest BCUT2D eigenvalue weighted by atomic mass is 9.86. The molecule has 0 unspecified atom stereocenters. The number of fused-ring (bicyclic) bond motifs is 1. The average molecular weight is 368 g/mol. The van der Waals surface area contributed by atoms with Crippen molar-refractivity contribution in [3.8, 4) is 16.9 Å². The van der Waals surface area contributed by atoms with Gasteiger partial charge in [0.1, 0.15) is 23.9 Å². The van der Waals surface area contributed by atoms with Crippen molar-refractivity contribution in [2.45, 2.75) is 13.0 Å². The molecular formula is C20H21FN4O2. The van der Waals surface area contributed by atoms with Crippen LogP contribution < -0.4 is 15.8 Å². The number of hydrogen-bond acceptors (Lipinski definition) is 5. The third kappa shape index (κ3) is 3.04. The lowest BCUT2D eigenvalue weighted by Crippen LogP contribution is -2.30. The van der Waals surface area contributed by atoms with E-state index in [4.69, 9.17) is 10.5 Å². The Hall–Kier alpha value is -2.93. The molecule has 27 heavy (non-hydrogen) atoms. The Balaban J connectivity index is 1.98. The Morgan fingerprint density at radius 1 is 1.22 bits per heavy atom. The van der Waals surface area contributed by atoms with Crippen molar-refractivity contribution in [2.75, 3.05) is 33.0 Å². The molecule has 0 spiro atoms. The van der Waals surface area contributed by atoms with E-state index in [-0.39, 0.29) is 18.3 Å². The van der Waals surface area contributed by atoms with Crippen LogP contribution in [0.15, 0.2) is 29.3 Å². The van der Waals surface area contributed by atoms with E-state index in [2.05, 4.69) is 15.2 Å². The summed E-state index contributed by atoms with van der Waals surface area (Å²) >= 11 is 0. The molecule has 2 aliphatic heterocycles. The minimum absolute atomic E-state index is 0.0877. The molecule has 6 nitrogen and oxygen atoms in total. The van der Waals surface area contributed by atoms with E-state index in [9.17, 15) is 9.18 Å². The number of hydrogen-bond donors (Lipinski definition) is 2. The van der Waals surface area contributed by atoms with Crippen LogP contribution in [-0.4, -0.2) is 43.9 Å². The number of benzene rings is 2. The maximum atomic E-state index is 14.0. The number of rotatable bonds is 3. The quantitative estimate of drug-likeness (QED) is 0.812. The molecule has 3 N–H and O–H groups in total. The smallest absolute Gasteiger partial charge is 0.247 e. The number of carbonyl (C=O) groups excluding carboxylic acids is 1. The molecule has 0 radical (unpaired) electrons. The Kier molecular flexibility index (Phi) is 4.31. The minimum atomic E-state index is -0.336. The van der Waals surface area contributed by atoms with E-state index in [1.54, 1.807) is 13.2 Å². The third-order valence-corrected chi connectivity index (χ3v) is 5.11. The predicted molar refractivity (Wildman–Crippen MR) is 102 cm³/mol. The summed E-state index contributed by atoms with van der Waals surface area (Å²) in [5, 5.41) is 2.76. The van der Waals surface area contributed by atoms with Crippen LogP contribution in [-0.2, 0) is 17.8 Å². The van der Waals surface area contributed by atoms with Gasteiger partial charge in [0.15, 0.2) is 0 Å². The van der Waals surface area contributed by atoms with Gasteiger partial charge in [0, 0.05) is 29.9 Å². The number of nitrogens with zero attached hydrogens (tertiary/aromatic N) is 2. The number of likely N-dealkylation sites (N-methyl/N-ethyl adjacent to an activating group) is 1. The number of anilines is 1. The van der Waals surface area contributed by atoms with E-state index in [0.29, 0.717) is 34.9 Å². The molecule has 140 valence electrons. The van der Waals surface area contributed by atoms with Crippen LogP contribution in [0.1, 0.15) is 16.7 Å². The molecule has 2 aromatic rings. The molecule has 2 aromatic carbocycles. The normalized spacial score (nSPS) is 16.7. The lowest BCUT2D eigenvalue weighted by Gasteiger charge is -2.30. The molecule has 0 aromatic heterocycles. The molecule has 7 heteroatoms. The van der Waals surface area contributed by atoms with E-state index < -0.39 is 0 Å². The molecule has 1 amide bonds. The van der Waals surface area contributed by atoms with Gasteiger partial charge in [-0.15, -0.1) is 0 Å². The van der Waals surface area contributed by atoms with Gasteiger partial charge in [-0.1, -0.05) is 0 Å². The molecule has 0 fully saturated rings. The first-order valence-corrected chi connectivity index (χ1v) is 8.79. The minimum Gasteiger partial charge on any atom is -0.496 e. The van der Waals surface area contributed by atoms with Gasteiger partial charge in [-0.2, -0.15) is 0 Å². The van der Waals surface area contributed by atoms with Gasteiger partial charge in [-0.3, -0.25) is 9.79 Å². The van der Waals surface area contributed by atoms with Crippen LogP contribution >= 0.6 is 0 Å². The highest BCUT2D eigenvalue weighted by Crippen LogP contribution is 2.40. The molecule has 4 rings (SSSR count). The number of nitrogen functional groups attached to an aromatic ring is 1. The summed E-state index contributed by atoms with van der Waals surface area (Å²) in [6.07, 6.45) is 0.796. The van der Waals surface area contributed by atoms with Gasteiger partial charge >= 0.3 is 0 Å². The predicted octanol–water partition coefficient (Wildman–Crippen LogP) is 1.95. The zero-order valence-corrected chi connectivity index (χ0v) is 15.3. The van der Waals surface area contributed by atoms with Gasteiger partial charge in [-0.25, -0.2) is 4.39 Å². The zero-order valence-electron chi connectivity index (χ0n) is 15.3. The van der Waals surface area contributed by atoms with Gasteiger partial charge in [0.2, 0.25) is 5.91 Å². The number of aliphatic imine (C=N–C) groups is 1. The van der Waals surface area contributed by atoms with Crippen LogP contribution in [0.25, 0.3) is 11.1 Å². The molecule has 0 bridgehead atoms. The van der Waals surface area contributed by atoms with E-state index >= 15 is 0 Å². The molecular weight excluding hydrogens is 347 g/mol. The number of ether oxygens (including phenoxy) is 1. The highest BCUT2D eigenvalue weighted by Gasteiger charge is 2.27. The number of amidine groups is 1. The monoisotopic (exact) mass is 368 g/mol. The average Bonchev–Trinajstić information content (AvgIpc) is 3.08. The molecule has 0 saturated carbocycles. The highest BCUT2D eigenvalue weighted by molar-refractivity contribution is 6.15. The topological polar surface area (TPSA) is 79.9 Å². The molecule has 0 aliphatic carbocycles. The Morgan fingerprint density at radius 2 is 2.04 bits per heavy atom. The van der Waals surface area contributed by atoms with E-state index in [1.165, 1.54) is 12.1 Å². The summed E-state index contributed by atoms with van der Waals surface area (Å²) < 4.78 is 19.5. The highest BCUT2D eigenvalue weighted by atomic mass is 19.1. The van der Waals surface area contributed by atoms with Crippen LogP contribution in [0.2, 0.25) is 0 Å². The second-order valence-corrected chi connectivity index (χ2v) is 6.89. The first-order valence-electron chi connectivity index (χ1n) is 8.79. The van der Waals surface area contributed by atoms with Crippen molar-refractivity contribution in [2.24, 2.45) is 4.99 Å². The first-order chi connectivity index (χ1) is 13.0. The molecule has 0 saturated heterocycles. The van der Waals surface area contributed by atoms with Crippen molar-refractivity contribution >= 4 is 17.4 Å². The lowest BCUT2D eigenvalue weighted by molar-refractivity contribution is -0.117. The number of amides is 1. The first kappa shape index (κ1) is 17.5. The fourth-order valence-electron chi connectivity index (χ4n) is 3.76. The van der Waals surface area contributed by atoms with Gasteiger partial charge in [0.25, 0.3) is 0 Å². The second-order valence-electron chi connectivity index (χ2n) is 6.89. The van der Waals surface area contributed by atoms with Crippen molar-refractivity contribution in [3.63, 3.8) is 0 Å². The summed E-state index contributed by atoms with van der Waals surface area (Å²) in [5.41, 5.74) is 11.4. The van der Waals surface area contributed by atoms with Crippen molar-refractivity contribution in [1.29, 1.82) is 0 Å². The Labute approximate surface area is 156 Å². The van der Waals surface area contributed by atoms with Crippen LogP contribution in [0, 0.1) is 5.82 Å². The fraction of sp³-hybridized carbons (Fsp3) is 0.300. The van der Waals surface area contributed by atoms with Crippen molar-refractivity contribution < 1.29 is 13.9 Å². The summed E-state index contributed by atoms with van der Waals surface area (Å²) in [5.74, 6) is 0.553. The van der Waals surface area contributed by atoms with Crippen molar-refractivity contribution in [3.05, 3.63) is 46.8 Å². The van der Waals surface area contributed by atoms with Crippen molar-refractivity contribution in [1.82, 2.24) is 10.2 Å². The Bertz CT molecular complexity index is 971. The summed E-state index contributed by atoms with van der Waals surface area (Å²) in [4.78, 5) is 18.1. The van der Waals surface area contributed by atoms with Crippen LogP contribution in [0.3, 0.4) is 0 Å². The standard InChI is InChI=1S/C20H21FN4O2/c1-25-6-5-12-13(14-7-11(21)3-4-17(14)27-2)8-15(19(22)16(12)10-25)20-23-9-18(26)24-20/h3-4,7-8H,5-6,9-10,22H2,1-2H3,(H,23,24,26). The number of carbonyl (C=O) groups is 1. The van der Waals surface area contributed by atoms with Gasteiger partial charge in [0.05, 0.1) is 7.11 Å². The summed E-state index contributed by atoms with van der Waals surface area (Å²) in [7, 11) is 3.60. The molecule has 0 atom stereocenters. The second kappa shape index (κ2) is 6.66. The van der Waals surface area contributed by atoms with Gasteiger partial charge < -0.3 is 20.7 Å². The van der Waals surface area contributed by atoms with E-state index in [1.807, 2.05) is 13.1 Å². The number of nitrogens with two attached hydrogens (primary N) is 1. The van der Waals surface area contributed by atoms with Crippen LogP contribution in [0.5, 0.6) is 5.75 Å². The summed E-state index contributed by atoms with van der Waals surface area (Å²) in [6, 6.07) is 6.36. The summed E-state index contributed by atoms with van der Waals surface area (Å²) in [6.45, 7) is 1.65. The Morgan fingerprint density at radius 3 is 2.74 bits per heavy atom. The van der Waals surface area contributed by atoms with Crippen LogP contribution in [0.4, 0.5) is 10.1 Å². The maximum absolute atomic E-state index is 14.0. The van der Waals surface area contributed by atoms with E-state index in [0.717, 1.165) is 29.7 Å². The SMILES string of the molecule is COc1ccc(F)cc1-c1cc(C2=NCC(=O)N2)c(N)c2c1CCN(C)C2. The number of nitrogens with one attached hydrogen (secondary N) is 1. The third-order valence-electron chi connectivity index (χ3n) is 5.11. The fourth-order valence-corrected chi connectivity index (χ4v) is 3.76. The van der Waals surface area contributed by atoms with Gasteiger partial charge in [-0.05, 0) is 54.4 Å². The maximum Gasteiger partial charge on any atom is 0.247 e.